The van der Waals surface area contributed by atoms with Crippen molar-refractivity contribution in [2.24, 2.45) is 11.5 Å². The number of pyridine rings is 2. The number of fused-ring (bicyclic) bond motifs is 2. The predicted octanol–water partition coefficient (Wildman–Crippen LogP) is 6.18. The maximum atomic E-state index is 11.9. The van der Waals surface area contributed by atoms with Crippen LogP contribution < -0.4 is 21.3 Å². The molecule has 8 rings (SSSR count). The molecule has 0 bridgehead atoms. The minimum atomic E-state index is -0.832. The topological polar surface area (TPSA) is 159 Å². The smallest absolute Gasteiger partial charge is 0.194 e. The Bertz CT molecular complexity index is 2140. The molecule has 2 aromatic heterocycles. The monoisotopic (exact) mass is 802 g/mol. The van der Waals surface area contributed by atoms with E-state index in [1.807, 2.05) is 24.3 Å². The van der Waals surface area contributed by atoms with Crippen LogP contribution in [0.25, 0.3) is 0 Å². The van der Waals surface area contributed by atoms with Gasteiger partial charge in [-0.15, -0.1) is 6.42 Å². The van der Waals surface area contributed by atoms with Gasteiger partial charge in [0.05, 0.1) is 13.1 Å². The van der Waals surface area contributed by atoms with Crippen molar-refractivity contribution in [2.45, 2.75) is 75.4 Å². The average molecular weight is 804 g/mol. The molecule has 11 heteroatoms. The average Bonchev–Trinajstić information content (AvgIpc) is 4.04. The number of carbonyl (C=O) groups is 2. The summed E-state index contributed by atoms with van der Waals surface area (Å²) in [6.45, 7) is 1.69. The predicted molar refractivity (Wildman–Crippen MR) is 220 cm³/mol. The first-order valence-corrected chi connectivity index (χ1v) is 19.6. The van der Waals surface area contributed by atoms with Crippen molar-refractivity contribution in [3.05, 3.63) is 106 Å². The highest BCUT2D eigenvalue weighted by atomic mass is 79.9. The summed E-state index contributed by atoms with van der Waals surface area (Å²) in [4.78, 5) is 36.1. The lowest BCUT2D eigenvalue weighted by molar-refractivity contribution is 0.0989. The SMILES string of the molecule is C#CC1(O)CCCC1.NCC(=O)c1cc(N2CCc3ccc(Br)cc32)ccn1.NCC(=O)c1cc(N2CCc3ccc(C#CC4(O)CCCC4)cc32)ccn1. The number of carbonyl (C=O) groups excluding carboxylic acids is 2. The van der Waals surface area contributed by atoms with Gasteiger partial charge >= 0.3 is 0 Å². The van der Waals surface area contributed by atoms with E-state index in [4.69, 9.17) is 17.9 Å². The maximum Gasteiger partial charge on any atom is 0.194 e. The van der Waals surface area contributed by atoms with E-state index in [1.165, 1.54) is 16.8 Å². The summed E-state index contributed by atoms with van der Waals surface area (Å²) < 4.78 is 1.05. The number of aliphatic hydroxyl groups is 2. The van der Waals surface area contributed by atoms with Gasteiger partial charge in [0, 0.05) is 58.3 Å². The van der Waals surface area contributed by atoms with E-state index in [0.29, 0.717) is 11.4 Å². The zero-order valence-electron chi connectivity index (χ0n) is 30.9. The zero-order valence-corrected chi connectivity index (χ0v) is 32.5. The largest absolute Gasteiger partial charge is 0.378 e. The maximum absolute atomic E-state index is 11.9. The van der Waals surface area contributed by atoms with Crippen molar-refractivity contribution in [3.8, 4) is 24.2 Å². The summed E-state index contributed by atoms with van der Waals surface area (Å²) in [5.74, 6) is 8.32. The van der Waals surface area contributed by atoms with E-state index < -0.39 is 11.2 Å². The molecule has 0 atom stereocenters. The van der Waals surface area contributed by atoms with Crippen molar-refractivity contribution in [1.29, 1.82) is 0 Å². The number of halogens is 1. The number of hydrogen-bond donors (Lipinski definition) is 4. The van der Waals surface area contributed by atoms with Gasteiger partial charge in [0.1, 0.15) is 22.6 Å². The van der Waals surface area contributed by atoms with Crippen LogP contribution in [0.15, 0.2) is 77.5 Å². The summed E-state index contributed by atoms with van der Waals surface area (Å²) in [5, 5.41) is 19.7. The van der Waals surface area contributed by atoms with Crippen LogP contribution in [0.4, 0.5) is 22.7 Å². The van der Waals surface area contributed by atoms with Crippen LogP contribution >= 0.6 is 15.9 Å². The fourth-order valence-electron chi connectivity index (χ4n) is 7.41. The van der Waals surface area contributed by atoms with Crippen LogP contribution in [-0.2, 0) is 12.8 Å². The number of hydrogen-bond acceptors (Lipinski definition) is 10. The number of aromatic nitrogens is 2. The number of rotatable bonds is 6. The number of ketones is 2. The Hall–Kier alpha value is -4.88. The molecule has 2 aliphatic carbocycles. The van der Waals surface area contributed by atoms with Gasteiger partial charge in [-0.05, 0) is 124 Å². The van der Waals surface area contributed by atoms with Crippen molar-refractivity contribution in [2.75, 3.05) is 36.0 Å². The Labute approximate surface area is 331 Å². The van der Waals surface area contributed by atoms with Gasteiger partial charge in [0.15, 0.2) is 11.6 Å². The lowest BCUT2D eigenvalue weighted by atomic mass is 10.0. The van der Waals surface area contributed by atoms with Crippen molar-refractivity contribution >= 4 is 50.2 Å². The van der Waals surface area contributed by atoms with Gasteiger partial charge in [-0.1, -0.05) is 45.8 Å². The summed E-state index contributed by atoms with van der Waals surface area (Å²) >= 11 is 3.50. The molecule has 0 spiro atoms. The second kappa shape index (κ2) is 17.7. The number of nitrogens with two attached hydrogens (primary N) is 2. The Kier molecular flexibility index (Phi) is 12.8. The summed E-state index contributed by atoms with van der Waals surface area (Å²) in [6.07, 6.45) is 17.7. The van der Waals surface area contributed by atoms with E-state index in [1.54, 1.807) is 18.5 Å². The third kappa shape index (κ3) is 9.68. The van der Waals surface area contributed by atoms with Crippen molar-refractivity contribution in [3.63, 3.8) is 0 Å². The molecular formula is C44H47BrN6O4. The molecule has 4 aliphatic rings. The summed E-state index contributed by atoms with van der Waals surface area (Å²) in [6, 6.07) is 19.9. The number of nitrogens with zero attached hydrogens (tertiary/aromatic N) is 4. The molecule has 0 unspecified atom stereocenters. The summed E-state index contributed by atoms with van der Waals surface area (Å²) in [5.41, 5.74) is 17.8. The van der Waals surface area contributed by atoms with Crippen LogP contribution in [-0.4, -0.2) is 69.1 Å². The van der Waals surface area contributed by atoms with Crippen LogP contribution in [0.2, 0.25) is 0 Å². The Morgan fingerprint density at radius 1 is 0.727 bits per heavy atom. The van der Waals surface area contributed by atoms with Gasteiger partial charge in [-0.3, -0.25) is 19.6 Å². The molecule has 4 heterocycles. The minimum absolute atomic E-state index is 0.0153. The number of anilines is 4. The first kappa shape index (κ1) is 39.8. The quantitative estimate of drug-likeness (QED) is 0.131. The molecule has 4 aromatic rings. The number of Topliss-reactive ketones (excluding diaryl/α,β-unsaturated/α-hetero) is 2. The fourth-order valence-corrected chi connectivity index (χ4v) is 7.76. The third-order valence-electron chi connectivity index (χ3n) is 10.5. The molecule has 0 amide bonds. The standard InChI is InChI=1S/C22H23N3O2.C15H14BrN3O.C7H10O/c23-15-21(26)19-14-18(6-11-24-19)25-12-7-17-4-3-16(13-20(17)25)5-10-22(27)8-1-2-9-22;16-11-2-1-10-4-6-19(14(10)7-11)12-3-5-18-13(8-12)15(20)9-17;1-2-7(8)5-3-4-6-7/h3-4,6,11,13-14,27H,1-2,7-9,12,15,23H2;1-3,5,7-8H,4,6,9,17H2;1,8H,3-6H2. The third-order valence-corrected chi connectivity index (χ3v) is 11.0. The molecule has 2 saturated carbocycles. The van der Waals surface area contributed by atoms with E-state index >= 15 is 0 Å². The highest BCUT2D eigenvalue weighted by Crippen LogP contribution is 2.37. The zero-order chi connectivity index (χ0) is 39.0. The van der Waals surface area contributed by atoms with Gasteiger partial charge < -0.3 is 31.5 Å². The minimum Gasteiger partial charge on any atom is -0.378 e. The van der Waals surface area contributed by atoms with E-state index in [0.717, 1.165) is 104 Å². The molecule has 284 valence electrons. The molecular weight excluding hydrogens is 756 g/mol. The molecule has 6 N–H and O–H groups in total. The van der Waals surface area contributed by atoms with Gasteiger partial charge in [0.25, 0.3) is 0 Å². The molecule has 0 radical (unpaired) electrons. The second-order valence-corrected chi connectivity index (χ2v) is 15.3. The molecule has 55 heavy (non-hydrogen) atoms. The van der Waals surface area contributed by atoms with Gasteiger partial charge in [0.2, 0.25) is 0 Å². The molecule has 10 nitrogen and oxygen atoms in total. The van der Waals surface area contributed by atoms with E-state index in [-0.39, 0.29) is 24.7 Å². The lowest BCUT2D eigenvalue weighted by Gasteiger charge is -2.20. The Morgan fingerprint density at radius 3 is 1.71 bits per heavy atom. The fraction of sp³-hybridized carbons (Fsp3) is 0.364. The molecule has 2 aliphatic heterocycles. The van der Waals surface area contributed by atoms with Crippen LogP contribution in [0.1, 0.15) is 89.0 Å². The Morgan fingerprint density at radius 2 is 1.22 bits per heavy atom. The van der Waals surface area contributed by atoms with Crippen LogP contribution in [0.5, 0.6) is 0 Å². The Balaban J connectivity index is 0.000000160. The highest BCUT2D eigenvalue weighted by Gasteiger charge is 2.29. The second-order valence-electron chi connectivity index (χ2n) is 14.3. The van der Waals surface area contributed by atoms with Gasteiger partial charge in [-0.25, -0.2) is 0 Å². The lowest BCUT2D eigenvalue weighted by Crippen LogP contribution is -2.20. The van der Waals surface area contributed by atoms with Crippen molar-refractivity contribution < 1.29 is 19.8 Å². The molecule has 2 fully saturated rings. The normalized spacial score (nSPS) is 17.0. The number of terminal acetylenes is 1. The first-order chi connectivity index (χ1) is 26.5. The van der Waals surface area contributed by atoms with E-state index in [2.05, 4.69) is 83.8 Å². The first-order valence-electron chi connectivity index (χ1n) is 18.8. The van der Waals surface area contributed by atoms with Crippen molar-refractivity contribution in [1.82, 2.24) is 9.97 Å². The van der Waals surface area contributed by atoms with Crippen LogP contribution in [0.3, 0.4) is 0 Å². The summed E-state index contributed by atoms with van der Waals surface area (Å²) in [7, 11) is 0. The van der Waals surface area contributed by atoms with Gasteiger partial charge in [-0.2, -0.15) is 0 Å². The van der Waals surface area contributed by atoms with E-state index in [9.17, 15) is 19.8 Å². The van der Waals surface area contributed by atoms with Crippen LogP contribution in [0, 0.1) is 24.2 Å². The highest BCUT2D eigenvalue weighted by molar-refractivity contribution is 9.10. The molecule has 0 saturated heterocycles. The number of benzene rings is 2. The molecule has 2 aromatic carbocycles.